The summed E-state index contributed by atoms with van der Waals surface area (Å²) in [5, 5.41) is 0.950. The van der Waals surface area contributed by atoms with Crippen LogP contribution < -0.4 is 0 Å². The molecule has 0 aliphatic carbocycles. The van der Waals surface area contributed by atoms with Gasteiger partial charge in [0.15, 0.2) is 0 Å². The molecule has 130 valence electrons. The number of carbonyl (C=O) groups excluding carboxylic acids is 1. The molecule has 0 radical (unpaired) electrons. The number of carbonyl (C=O) groups is 1. The molecule has 25 heavy (non-hydrogen) atoms. The Morgan fingerprint density at radius 2 is 1.88 bits per heavy atom. The molecule has 0 bridgehead atoms. The molecule has 1 fully saturated rings. The molecule has 1 aliphatic rings. The second-order valence-electron chi connectivity index (χ2n) is 6.52. The van der Waals surface area contributed by atoms with Crippen LogP contribution in [0.5, 0.6) is 0 Å². The number of halogens is 2. The lowest BCUT2D eigenvalue weighted by molar-refractivity contribution is -0.125. The van der Waals surface area contributed by atoms with Gasteiger partial charge >= 0.3 is 0 Å². The zero-order valence-electron chi connectivity index (χ0n) is 13.8. The third-order valence-electron chi connectivity index (χ3n) is 3.57. The number of nitrogens with zero attached hydrogens (tertiary/aromatic N) is 1. The van der Waals surface area contributed by atoms with Crippen molar-refractivity contribution in [2.75, 3.05) is 0 Å². The van der Waals surface area contributed by atoms with Crippen LogP contribution in [-0.4, -0.2) is 20.7 Å². The molecule has 7 heteroatoms. The Hall–Kier alpha value is -1.27. The van der Waals surface area contributed by atoms with Crippen LogP contribution in [0.25, 0.3) is 17.4 Å². The average molecular weight is 412 g/mol. The van der Waals surface area contributed by atoms with Crippen molar-refractivity contribution in [3.8, 4) is 11.3 Å². The summed E-state index contributed by atoms with van der Waals surface area (Å²) in [4.78, 5) is 14.8. The van der Waals surface area contributed by atoms with Crippen molar-refractivity contribution in [3.05, 3.63) is 51.0 Å². The van der Waals surface area contributed by atoms with Crippen molar-refractivity contribution in [2.24, 2.45) is 0 Å². The van der Waals surface area contributed by atoms with Crippen LogP contribution in [0.2, 0.25) is 10.0 Å². The first-order chi connectivity index (χ1) is 11.7. The van der Waals surface area contributed by atoms with Gasteiger partial charge in [-0.2, -0.15) is 0 Å². The lowest BCUT2D eigenvalue weighted by atomic mass is 10.1. The van der Waals surface area contributed by atoms with E-state index in [9.17, 15) is 4.79 Å². The Bertz CT molecular complexity index is 897. The summed E-state index contributed by atoms with van der Waals surface area (Å²) >= 11 is 18.6. The van der Waals surface area contributed by atoms with E-state index >= 15 is 0 Å². The van der Waals surface area contributed by atoms with E-state index in [0.717, 1.165) is 5.56 Å². The van der Waals surface area contributed by atoms with Gasteiger partial charge in [0.05, 0.1) is 15.0 Å². The van der Waals surface area contributed by atoms with E-state index in [1.807, 2.05) is 39.0 Å². The van der Waals surface area contributed by atoms with Gasteiger partial charge in [-0.1, -0.05) is 47.2 Å². The Kier molecular flexibility index (Phi) is 5.04. The normalized spacial score (nSPS) is 17.0. The van der Waals surface area contributed by atoms with Gasteiger partial charge in [-0.15, -0.1) is 0 Å². The van der Waals surface area contributed by atoms with Gasteiger partial charge in [-0.25, -0.2) is 0 Å². The molecule has 1 amide bonds. The summed E-state index contributed by atoms with van der Waals surface area (Å²) in [6.45, 7) is 5.86. The maximum atomic E-state index is 12.6. The second kappa shape index (κ2) is 6.80. The highest BCUT2D eigenvalue weighted by atomic mass is 35.5. The molecule has 0 N–H and O–H groups in total. The highest BCUT2D eigenvalue weighted by Gasteiger charge is 2.39. The number of hydrogen-bond acceptors (Lipinski definition) is 4. The number of hydrogen-bond donors (Lipinski definition) is 0. The fourth-order valence-corrected chi connectivity index (χ4v) is 4.32. The lowest BCUT2D eigenvalue weighted by Crippen LogP contribution is -2.44. The molecule has 2 aromatic rings. The van der Waals surface area contributed by atoms with E-state index in [0.29, 0.717) is 30.8 Å². The van der Waals surface area contributed by atoms with Gasteiger partial charge in [-0.3, -0.25) is 9.69 Å². The van der Waals surface area contributed by atoms with E-state index in [-0.39, 0.29) is 11.4 Å². The number of thioether (sulfide) groups is 1. The van der Waals surface area contributed by atoms with Crippen LogP contribution in [0, 0.1) is 0 Å². The van der Waals surface area contributed by atoms with Crippen LogP contribution in [0.3, 0.4) is 0 Å². The van der Waals surface area contributed by atoms with Crippen molar-refractivity contribution in [2.45, 2.75) is 26.3 Å². The van der Waals surface area contributed by atoms with Gasteiger partial charge in [0.1, 0.15) is 15.8 Å². The minimum Gasteiger partial charge on any atom is -0.457 e. The zero-order chi connectivity index (χ0) is 18.4. The fraction of sp³-hybridized carbons (Fsp3) is 0.222. The summed E-state index contributed by atoms with van der Waals surface area (Å²) in [5.41, 5.74) is 0.460. The zero-order valence-corrected chi connectivity index (χ0v) is 16.9. The van der Waals surface area contributed by atoms with Crippen molar-refractivity contribution < 1.29 is 9.21 Å². The SMILES string of the molecule is CC(C)(C)N1C(=O)/C(=C\c2ccc(-c3ccc(Cl)c(Cl)c3)o2)SC1=S. The van der Waals surface area contributed by atoms with E-state index in [2.05, 4.69) is 0 Å². The van der Waals surface area contributed by atoms with Gasteiger partial charge in [0, 0.05) is 17.2 Å². The number of amides is 1. The highest BCUT2D eigenvalue weighted by Crippen LogP contribution is 2.37. The minimum atomic E-state index is -0.356. The highest BCUT2D eigenvalue weighted by molar-refractivity contribution is 8.26. The maximum absolute atomic E-state index is 12.6. The van der Waals surface area contributed by atoms with Crippen molar-refractivity contribution in [1.82, 2.24) is 4.90 Å². The van der Waals surface area contributed by atoms with E-state index < -0.39 is 0 Å². The fourth-order valence-electron chi connectivity index (χ4n) is 2.41. The molecule has 1 saturated heterocycles. The Labute approximate surface area is 166 Å². The Morgan fingerprint density at radius 3 is 2.48 bits per heavy atom. The molecule has 3 nitrogen and oxygen atoms in total. The average Bonchev–Trinajstić information content (AvgIpc) is 3.07. The summed E-state index contributed by atoms with van der Waals surface area (Å²) in [7, 11) is 0. The van der Waals surface area contributed by atoms with Gasteiger partial charge in [-0.05, 0) is 51.1 Å². The maximum Gasteiger partial charge on any atom is 0.266 e. The van der Waals surface area contributed by atoms with Crippen molar-refractivity contribution in [3.63, 3.8) is 0 Å². The van der Waals surface area contributed by atoms with Crippen molar-refractivity contribution in [1.29, 1.82) is 0 Å². The molecule has 1 aromatic heterocycles. The number of rotatable bonds is 2. The largest absolute Gasteiger partial charge is 0.457 e. The van der Waals surface area contributed by atoms with Crippen LogP contribution >= 0.6 is 47.2 Å². The second-order valence-corrected chi connectivity index (χ2v) is 9.01. The molecule has 0 unspecified atom stereocenters. The van der Waals surface area contributed by atoms with Gasteiger partial charge in [0.25, 0.3) is 5.91 Å². The predicted molar refractivity (Wildman–Crippen MR) is 109 cm³/mol. The number of thiocarbonyl (C=S) groups is 1. The summed E-state index contributed by atoms with van der Waals surface area (Å²) in [5.74, 6) is 1.13. The van der Waals surface area contributed by atoms with E-state index in [4.69, 9.17) is 39.8 Å². The first kappa shape index (κ1) is 18.5. The van der Waals surface area contributed by atoms with Crippen LogP contribution in [0.1, 0.15) is 26.5 Å². The minimum absolute atomic E-state index is 0.102. The molecule has 0 saturated carbocycles. The Balaban J connectivity index is 1.88. The van der Waals surface area contributed by atoms with Crippen LogP contribution in [0.15, 0.2) is 39.7 Å². The summed E-state index contributed by atoms with van der Waals surface area (Å²) in [6.07, 6.45) is 1.71. The molecular weight excluding hydrogens is 397 g/mol. The Morgan fingerprint density at radius 1 is 1.16 bits per heavy atom. The standard InChI is InChI=1S/C18H15Cl2NO2S2/c1-18(2,3)21-16(22)15(25-17(21)24)9-11-5-7-14(23-11)10-4-6-12(19)13(20)8-10/h4-9H,1-3H3/b15-9+. The van der Waals surface area contributed by atoms with Gasteiger partial charge in [0.2, 0.25) is 0 Å². The van der Waals surface area contributed by atoms with Gasteiger partial charge < -0.3 is 4.42 Å². The topological polar surface area (TPSA) is 33.5 Å². The molecular formula is C18H15Cl2NO2S2. The molecule has 2 heterocycles. The van der Waals surface area contributed by atoms with Crippen LogP contribution in [0.4, 0.5) is 0 Å². The molecule has 0 atom stereocenters. The molecule has 1 aromatic carbocycles. The smallest absolute Gasteiger partial charge is 0.266 e. The molecule has 1 aliphatic heterocycles. The molecule has 0 spiro atoms. The predicted octanol–water partition coefficient (Wildman–Crippen LogP) is 6.25. The quantitative estimate of drug-likeness (QED) is 0.431. The monoisotopic (exact) mass is 411 g/mol. The third-order valence-corrected chi connectivity index (χ3v) is 5.61. The van der Waals surface area contributed by atoms with E-state index in [1.165, 1.54) is 11.8 Å². The molecule has 3 rings (SSSR count). The van der Waals surface area contributed by atoms with E-state index in [1.54, 1.807) is 23.1 Å². The summed E-state index contributed by atoms with van der Waals surface area (Å²) < 4.78 is 6.38. The van der Waals surface area contributed by atoms with Crippen LogP contribution in [-0.2, 0) is 4.79 Å². The van der Waals surface area contributed by atoms with Crippen molar-refractivity contribution >= 4 is 63.5 Å². The number of furan rings is 1. The lowest BCUT2D eigenvalue weighted by Gasteiger charge is -2.30. The first-order valence-electron chi connectivity index (χ1n) is 7.50. The first-order valence-corrected chi connectivity index (χ1v) is 9.48. The number of benzene rings is 1. The summed E-state index contributed by atoms with van der Waals surface area (Å²) in [6, 6.07) is 8.93. The third kappa shape index (κ3) is 3.80.